The first-order valence-electron chi connectivity index (χ1n) is 14.0. The number of carbonyl (C=O) groups excluding carboxylic acids is 2. The van der Waals surface area contributed by atoms with E-state index in [4.69, 9.17) is 41.2 Å². The molecule has 13 heteroatoms. The minimum absolute atomic E-state index is 0.0641. The summed E-state index contributed by atoms with van der Waals surface area (Å²) >= 11 is 18.1. The summed E-state index contributed by atoms with van der Waals surface area (Å²) in [5, 5.41) is 28.9. The normalized spacial score (nSPS) is 18.2. The first-order valence-corrected chi connectivity index (χ1v) is 15.2. The molecule has 2 aromatic carbocycles. The number of aromatic nitrogens is 1. The van der Waals surface area contributed by atoms with Crippen molar-refractivity contribution in [3.05, 3.63) is 63.3 Å². The highest BCUT2D eigenvalue weighted by Gasteiger charge is 2.46. The molecular formula is C30H35Cl2N5O5S. The smallest absolute Gasteiger partial charge is 0.405 e. The van der Waals surface area contributed by atoms with Gasteiger partial charge in [0, 0.05) is 22.5 Å². The van der Waals surface area contributed by atoms with Gasteiger partial charge >= 0.3 is 6.09 Å². The van der Waals surface area contributed by atoms with Crippen LogP contribution in [0, 0.1) is 5.92 Å². The summed E-state index contributed by atoms with van der Waals surface area (Å²) in [6.07, 6.45) is 0.508. The van der Waals surface area contributed by atoms with Crippen molar-refractivity contribution in [1.29, 1.82) is 0 Å². The van der Waals surface area contributed by atoms with Gasteiger partial charge in [-0.1, -0.05) is 67.8 Å². The minimum atomic E-state index is -1.46. The topological polar surface area (TPSA) is 170 Å². The van der Waals surface area contributed by atoms with Gasteiger partial charge in [0.2, 0.25) is 11.8 Å². The minimum Gasteiger partial charge on any atom is -0.508 e. The Morgan fingerprint density at radius 1 is 1.16 bits per heavy atom. The van der Waals surface area contributed by atoms with E-state index in [0.29, 0.717) is 34.8 Å². The Kier molecular flexibility index (Phi) is 10.1. The fraction of sp³-hybridized carbons (Fsp3) is 0.400. The van der Waals surface area contributed by atoms with Gasteiger partial charge in [-0.3, -0.25) is 9.59 Å². The Hall–Kier alpha value is -3.54. The van der Waals surface area contributed by atoms with Crippen LogP contribution < -0.4 is 21.7 Å². The Morgan fingerprint density at radius 3 is 2.49 bits per heavy atom. The van der Waals surface area contributed by atoms with E-state index in [1.165, 1.54) is 12.1 Å². The molecule has 1 aliphatic carbocycles. The zero-order valence-corrected chi connectivity index (χ0v) is 26.1. The molecular weight excluding hydrogens is 613 g/mol. The number of nitrogens with one attached hydrogen (secondary N) is 4. The van der Waals surface area contributed by atoms with Crippen LogP contribution in [-0.2, 0) is 28.9 Å². The number of hydrogen-bond acceptors (Lipinski definition) is 5. The van der Waals surface area contributed by atoms with Crippen LogP contribution in [0.1, 0.15) is 49.9 Å². The second-order valence-electron chi connectivity index (χ2n) is 11.1. The van der Waals surface area contributed by atoms with Crippen LogP contribution in [0.5, 0.6) is 5.75 Å². The lowest BCUT2D eigenvalue weighted by Gasteiger charge is -2.39. The lowest BCUT2D eigenvalue weighted by atomic mass is 9.78. The third kappa shape index (κ3) is 7.34. The number of carboxylic acid groups (broad SMARTS) is 1. The van der Waals surface area contributed by atoms with Crippen LogP contribution in [-0.4, -0.2) is 55.7 Å². The zero-order chi connectivity index (χ0) is 31.5. The molecule has 0 saturated carbocycles. The summed E-state index contributed by atoms with van der Waals surface area (Å²) in [5.41, 5.74) is 7.69. The van der Waals surface area contributed by atoms with Gasteiger partial charge in [0.25, 0.3) is 0 Å². The van der Waals surface area contributed by atoms with E-state index >= 15 is 0 Å². The van der Waals surface area contributed by atoms with Crippen molar-refractivity contribution in [2.75, 3.05) is 0 Å². The molecule has 3 aromatic rings. The molecule has 8 N–H and O–H groups in total. The van der Waals surface area contributed by atoms with E-state index in [2.05, 4.69) is 20.9 Å². The molecule has 0 saturated heterocycles. The third-order valence-corrected chi connectivity index (χ3v) is 8.95. The number of fused-ring (bicyclic) bond motifs is 3. The Bertz CT molecular complexity index is 1550. The number of carbonyl (C=O) groups is 3. The van der Waals surface area contributed by atoms with Gasteiger partial charge in [0.1, 0.15) is 17.3 Å². The molecule has 4 atom stereocenters. The molecule has 0 aliphatic heterocycles. The molecule has 1 unspecified atom stereocenters. The van der Waals surface area contributed by atoms with Crippen molar-refractivity contribution < 1.29 is 24.6 Å². The largest absolute Gasteiger partial charge is 0.508 e. The fourth-order valence-electron chi connectivity index (χ4n) is 5.55. The number of aromatic amines is 1. The molecule has 1 aromatic heterocycles. The average Bonchev–Trinajstić information content (AvgIpc) is 3.31. The van der Waals surface area contributed by atoms with Crippen molar-refractivity contribution in [3.63, 3.8) is 0 Å². The van der Waals surface area contributed by atoms with E-state index in [0.717, 1.165) is 22.2 Å². The highest BCUT2D eigenvalue weighted by molar-refractivity contribution is 7.80. The number of aromatic hydroxyl groups is 1. The van der Waals surface area contributed by atoms with Gasteiger partial charge < -0.3 is 36.9 Å². The fourth-order valence-corrected chi connectivity index (χ4v) is 6.38. The average molecular weight is 649 g/mol. The molecule has 0 radical (unpaired) electrons. The summed E-state index contributed by atoms with van der Waals surface area (Å²) in [6.45, 7) is 3.89. The summed E-state index contributed by atoms with van der Waals surface area (Å²) in [7, 11) is 0. The third-order valence-electron chi connectivity index (χ3n) is 8.18. The van der Waals surface area contributed by atoms with E-state index < -0.39 is 35.5 Å². The van der Waals surface area contributed by atoms with Crippen molar-refractivity contribution in [3.8, 4) is 5.75 Å². The molecule has 3 amide bonds. The van der Waals surface area contributed by atoms with Crippen molar-refractivity contribution in [2.24, 2.45) is 11.7 Å². The van der Waals surface area contributed by atoms with Crippen molar-refractivity contribution in [1.82, 2.24) is 20.9 Å². The molecule has 0 fully saturated rings. The van der Waals surface area contributed by atoms with E-state index in [9.17, 15) is 24.6 Å². The van der Waals surface area contributed by atoms with Crippen LogP contribution in [0.15, 0.2) is 36.4 Å². The maximum absolute atomic E-state index is 14.2. The molecule has 1 heterocycles. The standard InChI is InChI=1S/C30H35Cl2N5O5S/c1-3-15(2)24(26(33)43)36-28(40)30(11-10-22-20(14-30)19-12-17(31)13-21(32)25(19)34-22)37-27(39)23(35-29(41)42)9-6-16-4-7-18(38)8-5-16/h4-5,7-8,12-13,15,23-24,34-35,38H,3,6,9-11,14H2,1-2H3,(H2,33,43)(H,36,40)(H,37,39)(H,41,42)/t15?,23-,24-,30+/m0/s1. The lowest BCUT2D eigenvalue weighted by Crippen LogP contribution is -2.66. The monoisotopic (exact) mass is 647 g/mol. The molecule has 1 aliphatic rings. The van der Waals surface area contributed by atoms with Gasteiger partial charge in [-0.05, 0) is 67.0 Å². The number of rotatable bonds is 11. The number of hydrogen-bond donors (Lipinski definition) is 7. The van der Waals surface area contributed by atoms with E-state index in [-0.39, 0.29) is 35.9 Å². The number of phenolic OH excluding ortho intramolecular Hbond substituents is 1. The molecule has 43 heavy (non-hydrogen) atoms. The van der Waals surface area contributed by atoms with Crippen LogP contribution in [0.3, 0.4) is 0 Å². The molecule has 0 spiro atoms. The number of phenols is 1. The second kappa shape index (κ2) is 13.4. The van der Waals surface area contributed by atoms with Crippen molar-refractivity contribution in [2.45, 2.75) is 70.0 Å². The summed E-state index contributed by atoms with van der Waals surface area (Å²) < 4.78 is 0. The number of halogens is 2. The van der Waals surface area contributed by atoms with Gasteiger partial charge in [-0.2, -0.15) is 0 Å². The number of H-pyrrole nitrogens is 1. The predicted molar refractivity (Wildman–Crippen MR) is 171 cm³/mol. The first-order chi connectivity index (χ1) is 20.3. The molecule has 10 nitrogen and oxygen atoms in total. The van der Waals surface area contributed by atoms with Crippen LogP contribution >= 0.6 is 35.4 Å². The van der Waals surface area contributed by atoms with Crippen LogP contribution in [0.4, 0.5) is 4.79 Å². The van der Waals surface area contributed by atoms with Gasteiger partial charge in [0.15, 0.2) is 0 Å². The highest BCUT2D eigenvalue weighted by atomic mass is 35.5. The Morgan fingerprint density at radius 2 is 1.86 bits per heavy atom. The summed E-state index contributed by atoms with van der Waals surface area (Å²) in [6, 6.07) is 8.04. The van der Waals surface area contributed by atoms with E-state index in [1.807, 2.05) is 13.8 Å². The predicted octanol–water partition coefficient (Wildman–Crippen LogP) is 4.61. The number of thiocarbonyl (C=S) groups is 1. The zero-order valence-electron chi connectivity index (χ0n) is 23.8. The van der Waals surface area contributed by atoms with Crippen LogP contribution in [0.2, 0.25) is 10.0 Å². The summed E-state index contributed by atoms with van der Waals surface area (Å²) in [5.74, 6) is -1.09. The molecule has 230 valence electrons. The Labute approximate surface area is 264 Å². The highest BCUT2D eigenvalue weighted by Crippen LogP contribution is 2.38. The quantitative estimate of drug-likeness (QED) is 0.149. The number of benzene rings is 2. The second-order valence-corrected chi connectivity index (χ2v) is 12.4. The number of aryl methyl sites for hydroxylation is 2. The Balaban J connectivity index is 1.70. The summed E-state index contributed by atoms with van der Waals surface area (Å²) in [4.78, 5) is 43.1. The number of nitrogens with two attached hydrogens (primary N) is 1. The number of amides is 3. The van der Waals surface area contributed by atoms with Crippen LogP contribution in [0.25, 0.3) is 10.9 Å². The maximum Gasteiger partial charge on any atom is 0.405 e. The first kappa shape index (κ1) is 32.4. The lowest BCUT2D eigenvalue weighted by molar-refractivity contribution is -0.135. The van der Waals surface area contributed by atoms with Gasteiger partial charge in [-0.15, -0.1) is 0 Å². The SMILES string of the molecule is CCC(C)[C@H](NC(=O)[C@@]1(NC(=O)[C@H](CCc2ccc(O)cc2)NC(=O)O)CCc2[nH]c3c(Cl)cc(Cl)cc3c2C1)C(N)=S. The van der Waals surface area contributed by atoms with Crippen molar-refractivity contribution >= 4 is 69.2 Å². The van der Waals surface area contributed by atoms with Gasteiger partial charge in [0.05, 0.1) is 21.6 Å². The molecule has 4 rings (SSSR count). The maximum atomic E-state index is 14.2. The molecule has 0 bridgehead atoms. The van der Waals surface area contributed by atoms with E-state index in [1.54, 1.807) is 24.3 Å². The van der Waals surface area contributed by atoms with Gasteiger partial charge in [-0.25, -0.2) is 4.79 Å².